The van der Waals surface area contributed by atoms with Crippen molar-refractivity contribution in [2.75, 3.05) is 27.3 Å². The summed E-state index contributed by atoms with van der Waals surface area (Å²) < 4.78 is 36.9. The Bertz CT molecular complexity index is 737. The van der Waals surface area contributed by atoms with Gasteiger partial charge >= 0.3 is 5.97 Å². The van der Waals surface area contributed by atoms with Gasteiger partial charge in [-0.15, -0.1) is 0 Å². The number of aliphatic hydroxyl groups excluding tert-OH is 1. The first-order valence-corrected chi connectivity index (χ1v) is 8.86. The van der Waals surface area contributed by atoms with Crippen LogP contribution in [-0.4, -0.2) is 62.3 Å². The molecule has 2 rings (SSSR count). The van der Waals surface area contributed by atoms with Gasteiger partial charge in [0.05, 0.1) is 31.3 Å². The zero-order valence-corrected chi connectivity index (χ0v) is 14.7. The number of aliphatic carboxylic acids is 1. The van der Waals surface area contributed by atoms with Crippen molar-refractivity contribution in [3.63, 3.8) is 0 Å². The molecule has 0 saturated carbocycles. The van der Waals surface area contributed by atoms with Gasteiger partial charge in [0.2, 0.25) is 10.0 Å². The highest BCUT2D eigenvalue weighted by Crippen LogP contribution is 2.37. The average molecular weight is 380 g/mol. The van der Waals surface area contributed by atoms with E-state index in [0.717, 1.165) is 4.31 Å². The number of hydrogen-bond acceptors (Lipinski definition) is 6. The van der Waals surface area contributed by atoms with E-state index in [9.17, 15) is 18.3 Å². The minimum atomic E-state index is -4.05. The molecule has 1 aliphatic heterocycles. The lowest BCUT2D eigenvalue weighted by molar-refractivity contribution is -0.147. The third kappa shape index (κ3) is 3.44. The SMILES string of the molecule is COc1cc(S(=O)(=O)N2CCC(O)C(C(=O)O)C2)c(OC)cc1Cl. The van der Waals surface area contributed by atoms with Crippen LogP contribution in [0.1, 0.15) is 6.42 Å². The number of piperidine rings is 1. The van der Waals surface area contributed by atoms with Gasteiger partial charge in [0.1, 0.15) is 16.4 Å². The molecule has 0 bridgehead atoms. The van der Waals surface area contributed by atoms with Crippen LogP contribution >= 0.6 is 11.6 Å². The normalized spacial score (nSPS) is 22.2. The summed E-state index contributed by atoms with van der Waals surface area (Å²) in [5, 5.41) is 19.1. The molecular weight excluding hydrogens is 362 g/mol. The van der Waals surface area contributed by atoms with Crippen LogP contribution in [0.2, 0.25) is 5.02 Å². The summed E-state index contributed by atoms with van der Waals surface area (Å²) in [6.45, 7) is -0.325. The molecule has 1 aliphatic rings. The smallest absolute Gasteiger partial charge is 0.310 e. The monoisotopic (exact) mass is 379 g/mol. The zero-order chi connectivity index (χ0) is 18.1. The number of sulfonamides is 1. The fraction of sp³-hybridized carbons (Fsp3) is 0.500. The number of aliphatic hydroxyl groups is 1. The quantitative estimate of drug-likeness (QED) is 0.778. The van der Waals surface area contributed by atoms with E-state index in [0.29, 0.717) is 0 Å². The van der Waals surface area contributed by atoms with Crippen LogP contribution in [0.3, 0.4) is 0 Å². The number of ether oxygens (including phenoxy) is 2. The fourth-order valence-electron chi connectivity index (χ4n) is 2.54. The molecule has 8 nitrogen and oxygen atoms in total. The Hall–Kier alpha value is -1.55. The third-order valence-electron chi connectivity index (χ3n) is 3.91. The number of halogens is 1. The van der Waals surface area contributed by atoms with Crippen LogP contribution in [0.25, 0.3) is 0 Å². The second-order valence-electron chi connectivity index (χ2n) is 5.30. The van der Waals surface area contributed by atoms with Crippen molar-refractivity contribution >= 4 is 27.6 Å². The highest BCUT2D eigenvalue weighted by Gasteiger charge is 2.39. The molecule has 1 aromatic rings. The summed E-state index contributed by atoms with van der Waals surface area (Å²) in [5.74, 6) is -2.25. The Labute approximate surface area is 144 Å². The maximum atomic E-state index is 12.9. The number of nitrogens with zero attached hydrogens (tertiary/aromatic N) is 1. The summed E-state index contributed by atoms with van der Waals surface area (Å²) in [6, 6.07) is 2.55. The molecule has 0 aliphatic carbocycles. The van der Waals surface area contributed by atoms with Gasteiger partial charge in [0.15, 0.2) is 0 Å². The molecule has 0 spiro atoms. The summed E-state index contributed by atoms with van der Waals surface area (Å²) in [7, 11) is -1.40. The first kappa shape index (κ1) is 18.8. The Morgan fingerprint density at radius 2 is 1.92 bits per heavy atom. The number of methoxy groups -OCH3 is 2. The van der Waals surface area contributed by atoms with Gasteiger partial charge in [0.25, 0.3) is 0 Å². The largest absolute Gasteiger partial charge is 0.495 e. The lowest BCUT2D eigenvalue weighted by Gasteiger charge is -2.33. The number of rotatable bonds is 5. The second-order valence-corrected chi connectivity index (χ2v) is 7.61. The van der Waals surface area contributed by atoms with Crippen LogP contribution in [0.15, 0.2) is 17.0 Å². The van der Waals surface area contributed by atoms with Gasteiger partial charge in [0, 0.05) is 25.2 Å². The summed E-state index contributed by atoms with van der Waals surface area (Å²) in [6.07, 6.45) is -1.06. The Balaban J connectivity index is 2.45. The molecule has 2 atom stereocenters. The fourth-order valence-corrected chi connectivity index (χ4v) is 4.41. The highest BCUT2D eigenvalue weighted by molar-refractivity contribution is 7.89. The Morgan fingerprint density at radius 3 is 2.46 bits per heavy atom. The standard InChI is InChI=1S/C14H18ClNO7S/c1-22-11-6-13(12(23-2)5-9(11)15)24(20,21)16-4-3-10(17)8(7-16)14(18)19/h5-6,8,10,17H,3-4,7H2,1-2H3,(H,18,19). The molecule has 0 amide bonds. The maximum absolute atomic E-state index is 12.9. The van der Waals surface area contributed by atoms with Gasteiger partial charge in [-0.25, -0.2) is 8.42 Å². The predicted octanol–water partition coefficient (Wildman–Crippen LogP) is 0.813. The second kappa shape index (κ2) is 7.14. The first-order valence-electron chi connectivity index (χ1n) is 7.05. The van der Waals surface area contributed by atoms with Gasteiger partial charge in [-0.3, -0.25) is 4.79 Å². The number of carboxylic acid groups (broad SMARTS) is 1. The van der Waals surface area contributed by atoms with Crippen molar-refractivity contribution in [3.8, 4) is 11.5 Å². The van der Waals surface area contributed by atoms with E-state index in [4.69, 9.17) is 26.2 Å². The summed E-state index contributed by atoms with van der Waals surface area (Å²) in [4.78, 5) is 11.0. The minimum Gasteiger partial charge on any atom is -0.495 e. The average Bonchev–Trinajstić information content (AvgIpc) is 2.54. The van der Waals surface area contributed by atoms with Crippen LogP contribution in [0.5, 0.6) is 11.5 Å². The third-order valence-corrected chi connectivity index (χ3v) is 6.09. The molecule has 0 radical (unpaired) electrons. The lowest BCUT2D eigenvalue weighted by atomic mass is 9.96. The number of hydrogen-bond donors (Lipinski definition) is 2. The van der Waals surface area contributed by atoms with Crippen LogP contribution < -0.4 is 9.47 Å². The maximum Gasteiger partial charge on any atom is 0.310 e. The van der Waals surface area contributed by atoms with Crippen molar-refractivity contribution in [2.24, 2.45) is 5.92 Å². The van der Waals surface area contributed by atoms with Crippen molar-refractivity contribution < 1.29 is 32.9 Å². The van der Waals surface area contributed by atoms with Crippen LogP contribution in [-0.2, 0) is 14.8 Å². The topological polar surface area (TPSA) is 113 Å². The van der Waals surface area contributed by atoms with E-state index in [1.807, 2.05) is 0 Å². The molecule has 0 aromatic heterocycles. The molecule has 2 unspecified atom stereocenters. The molecular formula is C14H18ClNO7S. The molecule has 24 heavy (non-hydrogen) atoms. The number of carbonyl (C=O) groups is 1. The van der Waals surface area contributed by atoms with Crippen molar-refractivity contribution in [3.05, 3.63) is 17.2 Å². The van der Waals surface area contributed by atoms with E-state index >= 15 is 0 Å². The van der Waals surface area contributed by atoms with Gasteiger partial charge in [-0.1, -0.05) is 11.6 Å². The predicted molar refractivity (Wildman–Crippen MR) is 85.1 cm³/mol. The Morgan fingerprint density at radius 1 is 1.29 bits per heavy atom. The van der Waals surface area contributed by atoms with Crippen LogP contribution in [0, 0.1) is 5.92 Å². The molecule has 1 saturated heterocycles. The Kier molecular flexibility index (Phi) is 5.59. The van der Waals surface area contributed by atoms with E-state index in [2.05, 4.69) is 0 Å². The van der Waals surface area contributed by atoms with Crippen molar-refractivity contribution in [1.82, 2.24) is 4.31 Å². The van der Waals surface area contributed by atoms with E-state index in [-0.39, 0.29) is 40.9 Å². The molecule has 2 N–H and O–H groups in total. The highest BCUT2D eigenvalue weighted by atomic mass is 35.5. The molecule has 134 valence electrons. The van der Waals surface area contributed by atoms with Gasteiger partial charge in [-0.2, -0.15) is 4.31 Å². The van der Waals surface area contributed by atoms with Gasteiger partial charge in [-0.05, 0) is 6.42 Å². The molecule has 1 heterocycles. The summed E-state index contributed by atoms with van der Waals surface area (Å²) >= 11 is 5.98. The van der Waals surface area contributed by atoms with Crippen molar-refractivity contribution in [1.29, 1.82) is 0 Å². The van der Waals surface area contributed by atoms with Crippen LogP contribution in [0.4, 0.5) is 0 Å². The molecule has 10 heteroatoms. The van der Waals surface area contributed by atoms with E-state index in [1.165, 1.54) is 26.4 Å². The number of benzene rings is 1. The van der Waals surface area contributed by atoms with E-state index < -0.39 is 28.0 Å². The minimum absolute atomic E-state index is 0.00137. The number of carboxylic acids is 1. The lowest BCUT2D eigenvalue weighted by Crippen LogP contribution is -2.48. The van der Waals surface area contributed by atoms with Crippen molar-refractivity contribution in [2.45, 2.75) is 17.4 Å². The van der Waals surface area contributed by atoms with Gasteiger partial charge < -0.3 is 19.7 Å². The van der Waals surface area contributed by atoms with E-state index in [1.54, 1.807) is 0 Å². The molecule has 1 fully saturated rings. The zero-order valence-electron chi connectivity index (χ0n) is 13.1. The molecule has 1 aromatic carbocycles. The summed E-state index contributed by atoms with van der Waals surface area (Å²) in [5.41, 5.74) is 0. The first-order chi connectivity index (χ1) is 11.2.